The highest BCUT2D eigenvalue weighted by atomic mass is 32.2. The Balaban J connectivity index is 1.69. The van der Waals surface area contributed by atoms with Crippen molar-refractivity contribution in [1.29, 1.82) is 0 Å². The van der Waals surface area contributed by atoms with Gasteiger partial charge in [0.25, 0.3) is 5.22 Å². The molecule has 0 atom stereocenters. The summed E-state index contributed by atoms with van der Waals surface area (Å²) in [5.41, 5.74) is 1.58. The third-order valence-corrected chi connectivity index (χ3v) is 5.79. The second-order valence-corrected chi connectivity index (χ2v) is 8.73. The molecule has 0 spiro atoms. The molecular weight excluding hydrogens is 371 g/mol. The Kier molecular flexibility index (Phi) is 4.24. The summed E-state index contributed by atoms with van der Waals surface area (Å²) in [5, 5.41) is 9.43. The van der Waals surface area contributed by atoms with E-state index in [9.17, 15) is 4.39 Å². The summed E-state index contributed by atoms with van der Waals surface area (Å²) in [4.78, 5) is 9.71. The van der Waals surface area contributed by atoms with Gasteiger partial charge in [-0.2, -0.15) is 0 Å². The lowest BCUT2D eigenvalue weighted by molar-refractivity contribution is 0.347. The SMILES string of the molecule is CC(C)(C)c1nnc(Sc2ncnc3cc(-c4ccc(F)cc4)sc23)o1. The van der Waals surface area contributed by atoms with E-state index in [0.29, 0.717) is 11.1 Å². The average Bonchev–Trinajstić information content (AvgIpc) is 3.22. The fourth-order valence-corrected chi connectivity index (χ4v) is 4.21. The molecule has 3 heterocycles. The molecule has 3 aromatic heterocycles. The van der Waals surface area contributed by atoms with Gasteiger partial charge in [-0.25, -0.2) is 14.4 Å². The van der Waals surface area contributed by atoms with Gasteiger partial charge >= 0.3 is 0 Å². The Bertz CT molecular complexity index is 1070. The van der Waals surface area contributed by atoms with Crippen molar-refractivity contribution in [3.05, 3.63) is 48.4 Å². The molecule has 0 fully saturated rings. The van der Waals surface area contributed by atoms with E-state index < -0.39 is 0 Å². The molecule has 26 heavy (non-hydrogen) atoms. The molecule has 0 aliphatic rings. The fourth-order valence-electron chi connectivity index (χ4n) is 2.30. The van der Waals surface area contributed by atoms with Gasteiger partial charge in [0.2, 0.25) is 5.89 Å². The molecule has 8 heteroatoms. The van der Waals surface area contributed by atoms with E-state index in [1.165, 1.54) is 30.2 Å². The van der Waals surface area contributed by atoms with Crippen molar-refractivity contribution in [2.75, 3.05) is 0 Å². The minimum absolute atomic E-state index is 0.203. The van der Waals surface area contributed by atoms with Gasteiger partial charge < -0.3 is 4.42 Å². The van der Waals surface area contributed by atoms with Crippen LogP contribution in [-0.4, -0.2) is 20.2 Å². The van der Waals surface area contributed by atoms with Gasteiger partial charge in [-0.15, -0.1) is 21.5 Å². The molecule has 0 radical (unpaired) electrons. The molecule has 1 aromatic carbocycles. The minimum atomic E-state index is -0.253. The summed E-state index contributed by atoms with van der Waals surface area (Å²) < 4.78 is 19.8. The maximum Gasteiger partial charge on any atom is 0.283 e. The lowest BCUT2D eigenvalue weighted by atomic mass is 9.97. The number of nitrogens with zero attached hydrogens (tertiary/aromatic N) is 4. The van der Waals surface area contributed by atoms with E-state index in [-0.39, 0.29) is 11.2 Å². The zero-order valence-electron chi connectivity index (χ0n) is 14.4. The molecule has 0 saturated carbocycles. The first-order valence-corrected chi connectivity index (χ1v) is 9.56. The van der Waals surface area contributed by atoms with E-state index in [4.69, 9.17) is 4.42 Å². The van der Waals surface area contributed by atoms with Crippen LogP contribution in [0.15, 0.2) is 51.3 Å². The Labute approximate surface area is 157 Å². The molecular formula is C18H15FN4OS2. The number of thiophene rings is 1. The number of hydrogen-bond acceptors (Lipinski definition) is 7. The van der Waals surface area contributed by atoms with Crippen molar-refractivity contribution in [3.63, 3.8) is 0 Å². The predicted molar refractivity (Wildman–Crippen MR) is 99.9 cm³/mol. The third-order valence-electron chi connectivity index (χ3n) is 3.64. The van der Waals surface area contributed by atoms with E-state index in [1.54, 1.807) is 23.5 Å². The summed E-state index contributed by atoms with van der Waals surface area (Å²) >= 11 is 2.88. The quantitative estimate of drug-likeness (QED) is 0.444. The first kappa shape index (κ1) is 17.1. The minimum Gasteiger partial charge on any atom is -0.415 e. The second kappa shape index (κ2) is 6.44. The normalized spacial score (nSPS) is 12.0. The van der Waals surface area contributed by atoms with Crippen molar-refractivity contribution < 1.29 is 8.81 Å². The van der Waals surface area contributed by atoms with Gasteiger partial charge in [0.1, 0.15) is 17.2 Å². The largest absolute Gasteiger partial charge is 0.415 e. The lowest BCUT2D eigenvalue weighted by Gasteiger charge is -2.10. The highest BCUT2D eigenvalue weighted by Gasteiger charge is 2.22. The number of benzene rings is 1. The number of aromatic nitrogens is 4. The van der Waals surface area contributed by atoms with E-state index >= 15 is 0 Å². The highest BCUT2D eigenvalue weighted by molar-refractivity contribution is 7.99. The van der Waals surface area contributed by atoms with Crippen molar-refractivity contribution >= 4 is 33.3 Å². The Hall–Kier alpha value is -2.32. The van der Waals surface area contributed by atoms with Gasteiger partial charge in [0, 0.05) is 10.3 Å². The first-order valence-electron chi connectivity index (χ1n) is 7.92. The zero-order chi connectivity index (χ0) is 18.3. The van der Waals surface area contributed by atoms with Gasteiger partial charge in [-0.3, -0.25) is 0 Å². The lowest BCUT2D eigenvalue weighted by Crippen LogP contribution is -2.11. The number of rotatable bonds is 3. The zero-order valence-corrected chi connectivity index (χ0v) is 16.0. The van der Waals surface area contributed by atoms with Crippen LogP contribution in [0.2, 0.25) is 0 Å². The van der Waals surface area contributed by atoms with Crippen LogP contribution in [0.4, 0.5) is 4.39 Å². The number of fused-ring (bicyclic) bond motifs is 1. The molecule has 4 aromatic rings. The molecule has 0 amide bonds. The summed E-state index contributed by atoms with van der Waals surface area (Å²) in [6, 6.07) is 8.40. The Morgan fingerprint density at radius 1 is 1.08 bits per heavy atom. The van der Waals surface area contributed by atoms with E-state index in [2.05, 4.69) is 20.2 Å². The molecule has 0 unspecified atom stereocenters. The highest BCUT2D eigenvalue weighted by Crippen LogP contribution is 2.39. The molecule has 0 aliphatic heterocycles. The summed E-state index contributed by atoms with van der Waals surface area (Å²) in [5.74, 6) is 0.334. The molecule has 132 valence electrons. The monoisotopic (exact) mass is 386 g/mol. The molecule has 0 saturated heterocycles. The van der Waals surface area contributed by atoms with E-state index in [1.807, 2.05) is 26.8 Å². The molecule has 0 N–H and O–H groups in total. The van der Waals surface area contributed by atoms with Crippen LogP contribution in [0.1, 0.15) is 26.7 Å². The van der Waals surface area contributed by atoms with Gasteiger partial charge in [0.15, 0.2) is 0 Å². The molecule has 0 aliphatic carbocycles. The molecule has 4 rings (SSSR count). The van der Waals surface area contributed by atoms with Crippen LogP contribution in [0.3, 0.4) is 0 Å². The molecule has 0 bridgehead atoms. The van der Waals surface area contributed by atoms with Crippen LogP contribution in [0, 0.1) is 5.82 Å². The van der Waals surface area contributed by atoms with Gasteiger partial charge in [0.05, 0.1) is 10.2 Å². The standard InChI is InChI=1S/C18H15FN4OS2/c1-18(2,3)16-22-23-17(24-16)26-15-14-12(20-9-21-15)8-13(25-14)10-4-6-11(19)7-5-10/h4-9H,1-3H3. The van der Waals surface area contributed by atoms with Crippen molar-refractivity contribution in [1.82, 2.24) is 20.2 Å². The topological polar surface area (TPSA) is 64.7 Å². The summed E-state index contributed by atoms with van der Waals surface area (Å²) in [6.45, 7) is 6.06. The Morgan fingerprint density at radius 3 is 2.54 bits per heavy atom. The number of halogens is 1. The Morgan fingerprint density at radius 2 is 1.85 bits per heavy atom. The van der Waals surface area contributed by atoms with Crippen LogP contribution in [0.5, 0.6) is 0 Å². The van der Waals surface area contributed by atoms with Gasteiger partial charge in [-0.05, 0) is 35.5 Å². The average molecular weight is 386 g/mol. The maximum absolute atomic E-state index is 13.2. The van der Waals surface area contributed by atoms with Crippen molar-refractivity contribution in [2.45, 2.75) is 36.4 Å². The van der Waals surface area contributed by atoms with Crippen LogP contribution in [-0.2, 0) is 5.41 Å². The summed E-state index contributed by atoms with van der Waals surface area (Å²) in [6.07, 6.45) is 1.52. The van der Waals surface area contributed by atoms with Crippen molar-refractivity contribution in [3.8, 4) is 10.4 Å². The molecule has 5 nitrogen and oxygen atoms in total. The van der Waals surface area contributed by atoms with Crippen molar-refractivity contribution in [2.24, 2.45) is 0 Å². The van der Waals surface area contributed by atoms with E-state index in [0.717, 1.165) is 25.7 Å². The van der Waals surface area contributed by atoms with Crippen LogP contribution in [0.25, 0.3) is 20.7 Å². The van der Waals surface area contributed by atoms with Crippen LogP contribution >= 0.6 is 23.1 Å². The maximum atomic E-state index is 13.2. The second-order valence-electron chi connectivity index (χ2n) is 6.74. The first-order chi connectivity index (χ1) is 12.4. The number of hydrogen-bond donors (Lipinski definition) is 0. The fraction of sp³-hybridized carbons (Fsp3) is 0.222. The third kappa shape index (κ3) is 3.34. The van der Waals surface area contributed by atoms with Crippen LogP contribution < -0.4 is 0 Å². The van der Waals surface area contributed by atoms with Gasteiger partial charge in [-0.1, -0.05) is 32.9 Å². The summed E-state index contributed by atoms with van der Waals surface area (Å²) in [7, 11) is 0. The smallest absolute Gasteiger partial charge is 0.283 e. The predicted octanol–water partition coefficient (Wildman–Crippen LogP) is 5.33.